The van der Waals surface area contributed by atoms with Gasteiger partial charge in [0.15, 0.2) is 12.4 Å². The summed E-state index contributed by atoms with van der Waals surface area (Å²) in [5.41, 5.74) is 8.43. The van der Waals surface area contributed by atoms with E-state index in [2.05, 4.69) is 43.0 Å². The van der Waals surface area contributed by atoms with E-state index in [0.717, 1.165) is 104 Å². The van der Waals surface area contributed by atoms with Crippen LogP contribution in [0.25, 0.3) is 5.00 Å². The van der Waals surface area contributed by atoms with Crippen LogP contribution in [-0.2, 0) is 19.2 Å². The number of benzene rings is 2. The molecule has 0 saturated carbocycles. The molecule has 378 valence electrons. The summed E-state index contributed by atoms with van der Waals surface area (Å²) in [6.07, 6.45) is 6.54. The lowest BCUT2D eigenvalue weighted by Gasteiger charge is -2.32. The number of likely N-dealkylation sites (N-methyl/N-ethyl adjacent to an activating group) is 1. The van der Waals surface area contributed by atoms with Crippen molar-refractivity contribution in [2.75, 3.05) is 66.0 Å². The van der Waals surface area contributed by atoms with Gasteiger partial charge in [0.25, 0.3) is 23.6 Å². The van der Waals surface area contributed by atoms with E-state index in [9.17, 15) is 33.6 Å². The molecule has 4 aromatic rings. The Bertz CT molecular complexity index is 2640. The minimum absolute atomic E-state index is 0.0251. The average molecular weight is 1010 g/mol. The monoisotopic (exact) mass is 1010 g/mol. The molecule has 19 nitrogen and oxygen atoms in total. The highest BCUT2D eigenvalue weighted by Gasteiger charge is 2.44. The molecule has 1 saturated heterocycles. The van der Waals surface area contributed by atoms with E-state index < -0.39 is 42.3 Å². The number of nitrogens with zero attached hydrogens (tertiary/aromatic N) is 7. The number of fused-ring (bicyclic) bond motifs is 4. The smallest absolute Gasteiger partial charge is 0.266 e. The number of thiophene rings is 1. The second-order valence-electron chi connectivity index (χ2n) is 18.1. The number of piperazine rings is 1. The molecular formula is C50H62ClN11O8S. The molecule has 0 spiro atoms. The van der Waals surface area contributed by atoms with Crippen LogP contribution >= 0.6 is 22.9 Å². The van der Waals surface area contributed by atoms with Gasteiger partial charge in [-0.15, -0.1) is 21.5 Å². The number of aliphatic imine (C=N–C) groups is 1. The van der Waals surface area contributed by atoms with Crippen LogP contribution in [0, 0.1) is 13.8 Å². The van der Waals surface area contributed by atoms with Crippen molar-refractivity contribution < 1.29 is 38.3 Å². The highest BCUT2D eigenvalue weighted by molar-refractivity contribution is 7.17. The summed E-state index contributed by atoms with van der Waals surface area (Å²) in [6.45, 7) is 9.96. The van der Waals surface area contributed by atoms with Gasteiger partial charge in [0.05, 0.1) is 28.1 Å². The van der Waals surface area contributed by atoms with Gasteiger partial charge in [-0.25, -0.2) is 0 Å². The first kappa shape index (κ1) is 52.5. The highest BCUT2D eigenvalue weighted by Crippen LogP contribution is 2.40. The van der Waals surface area contributed by atoms with Crippen molar-refractivity contribution in [3.8, 4) is 10.8 Å². The number of unbranched alkanes of at least 4 members (excludes halogenated alkanes) is 5. The standard InChI is InChI=1S/C50H62ClN11O8S/c1-31-41-43(33-16-18-34(51)19-17-33)56-36(29-39(64)53-22-12-23-60-26-24-59(3)25-27-60)46-58-57-32(2)61(46)50(41)71-44(31)47(67)55-21-9-7-5-4-6-8-20-54-40(65)30-70-38-15-10-13-35-42(38)49(69)62(48(35)68)37(45(52)66)14-11-28-63/h10,13,15-19,28,36-37H,4-9,11-12,14,20-27,29-30H2,1-3H3,(H2,52,66)(H,53,64)(H,54,65)(H,55,67)/t36-,37?/m0/s1. The fourth-order valence-corrected chi connectivity index (χ4v) is 10.5. The molecule has 3 aliphatic rings. The zero-order valence-electron chi connectivity index (χ0n) is 40.5. The molecule has 0 radical (unpaired) electrons. The molecule has 2 aromatic carbocycles. The molecule has 1 fully saturated rings. The van der Waals surface area contributed by atoms with Crippen LogP contribution < -0.4 is 26.4 Å². The number of hydrogen-bond donors (Lipinski definition) is 4. The molecule has 71 heavy (non-hydrogen) atoms. The summed E-state index contributed by atoms with van der Waals surface area (Å²) in [5.74, 6) is -1.92. The maximum absolute atomic E-state index is 13.8. The third-order valence-electron chi connectivity index (χ3n) is 12.9. The van der Waals surface area contributed by atoms with Crippen molar-refractivity contribution in [3.63, 3.8) is 0 Å². The normalized spacial score (nSPS) is 16.1. The lowest BCUT2D eigenvalue weighted by atomic mass is 9.99. The van der Waals surface area contributed by atoms with Gasteiger partial charge < -0.3 is 41.0 Å². The van der Waals surface area contributed by atoms with Crippen LogP contribution in [0.1, 0.15) is 129 Å². The molecule has 0 aliphatic carbocycles. The van der Waals surface area contributed by atoms with E-state index in [4.69, 9.17) is 27.1 Å². The number of nitrogens with one attached hydrogen (secondary N) is 3. The number of ether oxygens (including phenoxy) is 1. The van der Waals surface area contributed by atoms with Crippen molar-refractivity contribution in [1.82, 2.24) is 45.4 Å². The highest BCUT2D eigenvalue weighted by atomic mass is 35.5. The van der Waals surface area contributed by atoms with E-state index in [-0.39, 0.29) is 48.0 Å². The van der Waals surface area contributed by atoms with Gasteiger partial charge in [0.2, 0.25) is 11.8 Å². The van der Waals surface area contributed by atoms with Gasteiger partial charge in [0, 0.05) is 68.4 Å². The minimum atomic E-state index is -1.29. The Balaban J connectivity index is 0.861. The Labute approximate surface area is 421 Å². The number of amides is 6. The largest absolute Gasteiger partial charge is 0.483 e. The molecule has 5 heterocycles. The number of aromatic nitrogens is 3. The Morgan fingerprint density at radius 3 is 2.24 bits per heavy atom. The van der Waals surface area contributed by atoms with Crippen molar-refractivity contribution in [2.24, 2.45) is 10.7 Å². The van der Waals surface area contributed by atoms with Gasteiger partial charge in [-0.2, -0.15) is 0 Å². The van der Waals surface area contributed by atoms with E-state index in [1.807, 2.05) is 30.5 Å². The predicted octanol–water partition coefficient (Wildman–Crippen LogP) is 4.33. The first-order valence-corrected chi connectivity index (χ1v) is 25.5. The van der Waals surface area contributed by atoms with Crippen LogP contribution in [0.4, 0.5) is 0 Å². The van der Waals surface area contributed by atoms with Gasteiger partial charge in [-0.1, -0.05) is 55.5 Å². The SMILES string of the molecule is Cc1c(C(=O)NCCCCCCCCNC(=O)COc2cccc3c2C(=O)N(C(CCC=O)C(N)=O)C3=O)sc2c1C(c1ccc(Cl)cc1)=N[C@@H](CC(=O)NCCCN1CCN(C)CC1)c1nnc(C)n1-2. The number of aryl methyl sites for hydroxylation is 1. The zero-order valence-corrected chi connectivity index (χ0v) is 42.0. The molecule has 1 unspecified atom stereocenters. The third kappa shape index (κ3) is 12.8. The van der Waals surface area contributed by atoms with E-state index in [1.54, 1.807) is 12.1 Å². The number of hydrogen-bond acceptors (Lipinski definition) is 14. The number of nitrogens with two attached hydrogens (primary N) is 1. The third-order valence-corrected chi connectivity index (χ3v) is 14.5. The summed E-state index contributed by atoms with van der Waals surface area (Å²) in [4.78, 5) is 100. The zero-order chi connectivity index (χ0) is 50.6. The van der Waals surface area contributed by atoms with Crippen molar-refractivity contribution in [1.29, 1.82) is 0 Å². The van der Waals surface area contributed by atoms with Crippen LogP contribution in [0.5, 0.6) is 5.75 Å². The summed E-state index contributed by atoms with van der Waals surface area (Å²) >= 11 is 7.68. The average Bonchev–Trinajstić information content (AvgIpc) is 3.95. The summed E-state index contributed by atoms with van der Waals surface area (Å²) < 4.78 is 7.58. The van der Waals surface area contributed by atoms with Crippen LogP contribution in [0.2, 0.25) is 5.02 Å². The molecule has 2 aromatic heterocycles. The predicted molar refractivity (Wildman–Crippen MR) is 268 cm³/mol. The molecule has 0 bridgehead atoms. The Kier molecular flexibility index (Phi) is 18.2. The molecule has 6 amide bonds. The van der Waals surface area contributed by atoms with Gasteiger partial charge >= 0.3 is 0 Å². The summed E-state index contributed by atoms with van der Waals surface area (Å²) in [5, 5.41) is 19.3. The molecular weight excluding hydrogens is 950 g/mol. The van der Waals surface area contributed by atoms with Gasteiger partial charge in [-0.05, 0) is 83.0 Å². The number of carbonyl (C=O) groups is 7. The van der Waals surface area contributed by atoms with E-state index >= 15 is 0 Å². The van der Waals surface area contributed by atoms with Crippen molar-refractivity contribution >= 4 is 70.4 Å². The van der Waals surface area contributed by atoms with Crippen molar-refractivity contribution in [3.05, 3.63) is 91.8 Å². The molecule has 3 aliphatic heterocycles. The fourth-order valence-electron chi connectivity index (χ4n) is 9.05. The van der Waals surface area contributed by atoms with E-state index in [0.29, 0.717) is 53.2 Å². The number of aldehydes is 1. The molecule has 21 heteroatoms. The minimum Gasteiger partial charge on any atom is -0.483 e. The lowest BCUT2D eigenvalue weighted by molar-refractivity contribution is -0.123. The van der Waals surface area contributed by atoms with Crippen molar-refractivity contribution in [2.45, 2.75) is 90.1 Å². The topological polar surface area (TPSA) is 244 Å². The number of primary amides is 1. The first-order valence-electron chi connectivity index (χ1n) is 24.3. The maximum atomic E-state index is 13.8. The maximum Gasteiger partial charge on any atom is 0.266 e. The molecule has 7 rings (SSSR count). The van der Waals surface area contributed by atoms with Gasteiger partial charge in [-0.3, -0.25) is 43.2 Å². The van der Waals surface area contributed by atoms with Crippen LogP contribution in [0.15, 0.2) is 47.5 Å². The number of imide groups is 1. The first-order chi connectivity index (χ1) is 34.3. The van der Waals surface area contributed by atoms with E-state index in [1.165, 1.54) is 29.5 Å². The summed E-state index contributed by atoms with van der Waals surface area (Å²) in [7, 11) is 2.14. The number of halogens is 1. The lowest BCUT2D eigenvalue weighted by Crippen LogP contribution is -2.47. The summed E-state index contributed by atoms with van der Waals surface area (Å²) in [6, 6.07) is 9.89. The quantitative estimate of drug-likeness (QED) is 0.0412. The second-order valence-corrected chi connectivity index (χ2v) is 19.5. The second kappa shape index (κ2) is 24.7. The van der Waals surface area contributed by atoms with Crippen LogP contribution in [-0.4, -0.2) is 149 Å². The van der Waals surface area contributed by atoms with Crippen LogP contribution in [0.3, 0.4) is 0 Å². The number of carbonyl (C=O) groups excluding carboxylic acids is 7. The Hall–Kier alpha value is -6.35. The molecule has 2 atom stereocenters. The number of rotatable bonds is 25. The van der Waals surface area contributed by atoms with Gasteiger partial charge in [0.1, 0.15) is 34.9 Å². The Morgan fingerprint density at radius 1 is 0.859 bits per heavy atom. The molecule has 5 N–H and O–H groups in total. The Morgan fingerprint density at radius 2 is 1.54 bits per heavy atom. The fraction of sp³-hybridized carbons (Fsp3) is 0.480.